The fourth-order valence-corrected chi connectivity index (χ4v) is 10.4. The third-order valence-corrected chi connectivity index (χ3v) is 14.4. The smallest absolute Gasteiger partial charge is 0.330 e. The van der Waals surface area contributed by atoms with Crippen LogP contribution in [-0.2, 0) is 38.0 Å². The molecule has 23 nitrogen and oxygen atoms in total. The summed E-state index contributed by atoms with van der Waals surface area (Å²) in [6, 6.07) is 0. The number of carbonyl (C=O) groups is 1. The predicted molar refractivity (Wildman–Crippen MR) is 213 cm³/mol. The van der Waals surface area contributed by atoms with Gasteiger partial charge in [-0.2, -0.15) is 0 Å². The van der Waals surface area contributed by atoms with Gasteiger partial charge in [-0.3, -0.25) is 0 Å². The van der Waals surface area contributed by atoms with Gasteiger partial charge in [0, 0.05) is 24.8 Å². The predicted octanol–water partition coefficient (Wildman–Crippen LogP) is -6.20. The van der Waals surface area contributed by atoms with Crippen molar-refractivity contribution in [2.24, 2.45) is 17.8 Å². The number of hydrogen-bond acceptors (Lipinski definition) is 22. The van der Waals surface area contributed by atoms with Gasteiger partial charge in [-0.05, 0) is 57.8 Å². The molecule has 374 valence electrons. The molecule has 3 saturated carbocycles. The molecule has 0 aromatic carbocycles. The Labute approximate surface area is 374 Å². The Balaban J connectivity index is 1.05. The largest absolute Gasteiger partial charge is 0.460 e. The zero-order valence-corrected chi connectivity index (χ0v) is 36.0. The lowest BCUT2D eigenvalue weighted by atomic mass is 9.72. The van der Waals surface area contributed by atoms with Crippen molar-refractivity contribution in [1.82, 2.24) is 0 Å². The number of aliphatic hydroxyl groups is 16. The molecule has 4 heterocycles. The van der Waals surface area contributed by atoms with E-state index < -0.39 is 172 Å². The quantitative estimate of drug-likeness (QED) is 0.0492. The first-order valence-corrected chi connectivity index (χ1v) is 22.8. The monoisotopic (exact) mass is 941 g/mol. The van der Waals surface area contributed by atoms with Gasteiger partial charge in [-0.25, -0.2) is 4.79 Å². The summed E-state index contributed by atoms with van der Waals surface area (Å²) >= 11 is 0. The molecule has 0 bridgehead atoms. The molecule has 0 spiro atoms. The molecule has 0 amide bonds. The standard InChI is InChI=1S/C42H68O23/c1-15-29(48)33(52)36(55)40(60-15)59-14-27-32(51)35(54)38(57)42(65-27)63-25-12-20-23(61-39(25)17-8-21(45)30(49)22(46)9-17)10-19(44)11-24(20)62-41-37(56)34(53)31(50)26(64-41)13-58-28(47)7-4-16-2-5-18(43)6-3-16/h4,7,15-27,29-46,48-57H,2-3,5-6,8-14H2,1H3/p+1. The first-order chi connectivity index (χ1) is 30.8. The van der Waals surface area contributed by atoms with Crippen LogP contribution in [0.25, 0.3) is 0 Å². The van der Waals surface area contributed by atoms with E-state index in [-0.39, 0.29) is 44.1 Å². The Morgan fingerprint density at radius 1 is 0.569 bits per heavy atom. The van der Waals surface area contributed by atoms with E-state index in [0.29, 0.717) is 25.7 Å². The van der Waals surface area contributed by atoms with E-state index in [9.17, 15) is 76.3 Å². The van der Waals surface area contributed by atoms with Crippen molar-refractivity contribution in [2.75, 3.05) is 13.2 Å². The number of aliphatic hydroxyl groups excluding tert-OH is 14. The lowest BCUT2D eigenvalue weighted by Crippen LogP contribution is -2.64. The van der Waals surface area contributed by atoms with Crippen LogP contribution >= 0.6 is 0 Å². The summed E-state index contributed by atoms with van der Waals surface area (Å²) < 4.78 is 46.0. The van der Waals surface area contributed by atoms with Gasteiger partial charge >= 0.3 is 5.97 Å². The second kappa shape index (κ2) is 22.0. The number of esters is 1. The van der Waals surface area contributed by atoms with Crippen molar-refractivity contribution < 1.29 is 114 Å². The molecule has 0 aromatic heterocycles. The third kappa shape index (κ3) is 11.7. The maximum Gasteiger partial charge on any atom is 0.330 e. The molecule has 0 radical (unpaired) electrons. The molecule has 3 aliphatic carbocycles. The van der Waals surface area contributed by atoms with Gasteiger partial charge in [0.25, 0.3) is 0 Å². The second-order valence-electron chi connectivity index (χ2n) is 19.0. The lowest BCUT2D eigenvalue weighted by molar-refractivity contribution is -0.371. The van der Waals surface area contributed by atoms with Crippen LogP contribution in [0.4, 0.5) is 0 Å². The number of carbonyl (C=O) groups excluding carboxylic acids is 1. The number of hydrogen-bond donors (Lipinski definition) is 14. The van der Waals surface area contributed by atoms with Crippen LogP contribution in [0.15, 0.2) is 12.2 Å². The van der Waals surface area contributed by atoms with E-state index in [2.05, 4.69) is 0 Å². The van der Waals surface area contributed by atoms with Crippen LogP contribution in [-0.4, -0.2) is 242 Å². The van der Waals surface area contributed by atoms with Crippen LogP contribution in [0, 0.1) is 17.8 Å². The van der Waals surface area contributed by atoms with Gasteiger partial charge in [0.1, 0.15) is 86.0 Å². The summed E-state index contributed by atoms with van der Waals surface area (Å²) in [5.74, 6) is -1.93. The van der Waals surface area contributed by atoms with Crippen molar-refractivity contribution in [3.8, 4) is 0 Å². The fraction of sp³-hybridized carbons (Fsp3) is 0.929. The van der Waals surface area contributed by atoms with Crippen LogP contribution in [0.3, 0.4) is 0 Å². The van der Waals surface area contributed by atoms with E-state index in [1.54, 1.807) is 6.08 Å². The van der Waals surface area contributed by atoms with Crippen LogP contribution in [0.1, 0.15) is 64.7 Å². The van der Waals surface area contributed by atoms with Gasteiger partial charge in [0.2, 0.25) is 0 Å². The highest BCUT2D eigenvalue weighted by atomic mass is 16.7. The van der Waals surface area contributed by atoms with Crippen molar-refractivity contribution >= 4 is 5.97 Å². The topological polar surface area (TPSA) is 378 Å². The molecule has 4 saturated heterocycles. The molecule has 23 unspecified atom stereocenters. The first kappa shape index (κ1) is 51.2. The average molecular weight is 942 g/mol. The summed E-state index contributed by atoms with van der Waals surface area (Å²) in [7, 11) is 0. The highest BCUT2D eigenvalue weighted by Crippen LogP contribution is 2.44. The summed E-state index contributed by atoms with van der Waals surface area (Å²) in [6.45, 7) is 0.355. The SMILES string of the molecule is CC1OC(OCC2OC(OC3CC4C(OC5OC(COC(=O)C=CC6CCC(O)CC6)C(O)C(O)C5O)CC(O)CC4[OH+]C3C3CC(O)C(O)C(O)C3)C(O)C(O)C2O)C(O)C(O)C1O. The Bertz CT molecular complexity index is 1540. The zero-order valence-electron chi connectivity index (χ0n) is 36.0. The number of ether oxygens (including phenoxy) is 8. The van der Waals surface area contributed by atoms with Crippen LogP contribution in [0.5, 0.6) is 0 Å². The lowest BCUT2D eigenvalue weighted by Gasteiger charge is -2.50. The molecule has 23 atom stereocenters. The highest BCUT2D eigenvalue weighted by Gasteiger charge is 2.57. The Morgan fingerprint density at radius 3 is 1.74 bits per heavy atom. The first-order valence-electron chi connectivity index (χ1n) is 22.8. The van der Waals surface area contributed by atoms with Crippen LogP contribution < -0.4 is 0 Å². The molecule has 23 heteroatoms. The minimum Gasteiger partial charge on any atom is -0.460 e. The van der Waals surface area contributed by atoms with E-state index in [1.165, 1.54) is 13.0 Å². The Morgan fingerprint density at radius 2 is 1.12 bits per heavy atom. The highest BCUT2D eigenvalue weighted by molar-refractivity contribution is 5.81. The van der Waals surface area contributed by atoms with Crippen molar-refractivity contribution in [1.29, 1.82) is 0 Å². The number of allylic oxidation sites excluding steroid dienone is 1. The van der Waals surface area contributed by atoms with E-state index in [4.69, 9.17) is 37.9 Å². The van der Waals surface area contributed by atoms with Gasteiger partial charge < -0.3 is 109 Å². The summed E-state index contributed by atoms with van der Waals surface area (Å²) in [6.07, 6.45) is -27.5. The molecule has 0 aromatic rings. The second-order valence-corrected chi connectivity index (χ2v) is 19.0. The van der Waals surface area contributed by atoms with Crippen LogP contribution in [0.2, 0.25) is 0 Å². The number of rotatable bonds is 12. The summed E-state index contributed by atoms with van der Waals surface area (Å²) in [4.78, 5) is 12.6. The zero-order chi connectivity index (χ0) is 47.0. The Hall–Kier alpha value is -1.63. The maximum atomic E-state index is 12.6. The molecule has 7 aliphatic rings. The molecule has 15 N–H and O–H groups in total. The summed E-state index contributed by atoms with van der Waals surface area (Å²) in [5, 5.41) is 149. The molecule has 7 fully saturated rings. The Kier molecular flexibility index (Phi) is 17.3. The number of fused-ring (bicyclic) bond motifs is 1. The van der Waals surface area contributed by atoms with Gasteiger partial charge in [-0.15, -0.1) is 0 Å². The van der Waals surface area contributed by atoms with Gasteiger partial charge in [0.05, 0.1) is 49.1 Å². The minimum absolute atomic E-state index is 0.0232. The average Bonchev–Trinajstić information content (AvgIpc) is 3.27. The molecule has 65 heavy (non-hydrogen) atoms. The normalized spacial score (nSPS) is 52.2. The van der Waals surface area contributed by atoms with Gasteiger partial charge in [0.15, 0.2) is 31.1 Å². The van der Waals surface area contributed by atoms with Crippen molar-refractivity contribution in [3.05, 3.63) is 12.2 Å². The maximum absolute atomic E-state index is 12.6. The molecule has 7 rings (SSSR count). The third-order valence-electron chi connectivity index (χ3n) is 14.4. The van der Waals surface area contributed by atoms with Crippen molar-refractivity contribution in [2.45, 2.75) is 212 Å². The summed E-state index contributed by atoms with van der Waals surface area (Å²) in [5.41, 5.74) is 0. The fourth-order valence-electron chi connectivity index (χ4n) is 10.4. The van der Waals surface area contributed by atoms with E-state index >= 15 is 0 Å². The molecular formula is C42H69O23+. The molecule has 4 aliphatic heterocycles. The van der Waals surface area contributed by atoms with E-state index in [1.807, 2.05) is 0 Å². The minimum atomic E-state index is -1.87. The molecular weight excluding hydrogens is 872 g/mol. The van der Waals surface area contributed by atoms with Gasteiger partial charge in [-0.1, -0.05) is 6.08 Å². The van der Waals surface area contributed by atoms with E-state index in [0.717, 1.165) is 0 Å². The van der Waals surface area contributed by atoms with Crippen molar-refractivity contribution in [3.63, 3.8) is 0 Å².